The number of ketones is 1. The third-order valence-corrected chi connectivity index (χ3v) is 5.10. The molecule has 0 radical (unpaired) electrons. The predicted molar refractivity (Wildman–Crippen MR) is 93.9 cm³/mol. The summed E-state index contributed by atoms with van der Waals surface area (Å²) in [6.07, 6.45) is 6.63. The van der Waals surface area contributed by atoms with E-state index in [2.05, 4.69) is 4.98 Å². The van der Waals surface area contributed by atoms with E-state index in [0.29, 0.717) is 5.92 Å². The quantitative estimate of drug-likeness (QED) is 0.752. The van der Waals surface area contributed by atoms with Crippen LogP contribution in [0.15, 0.2) is 22.6 Å². The second-order valence-corrected chi connectivity index (χ2v) is 7.42. The van der Waals surface area contributed by atoms with Gasteiger partial charge in [-0.3, -0.25) is 4.79 Å². The summed E-state index contributed by atoms with van der Waals surface area (Å²) in [5, 5.41) is 0. The van der Waals surface area contributed by atoms with Crippen LogP contribution in [-0.2, 0) is 9.53 Å². The lowest BCUT2D eigenvalue weighted by atomic mass is 9.87. The molecule has 2 fully saturated rings. The molecule has 0 saturated heterocycles. The van der Waals surface area contributed by atoms with Crippen molar-refractivity contribution in [3.63, 3.8) is 0 Å². The highest BCUT2D eigenvalue weighted by Gasteiger charge is 2.27. The van der Waals surface area contributed by atoms with Crippen LogP contribution >= 0.6 is 0 Å². The lowest BCUT2D eigenvalue weighted by molar-refractivity contribution is -0.124. The van der Waals surface area contributed by atoms with Crippen molar-refractivity contribution in [1.29, 1.82) is 0 Å². The van der Waals surface area contributed by atoms with Crippen molar-refractivity contribution in [2.45, 2.75) is 57.5 Å². The van der Waals surface area contributed by atoms with Crippen LogP contribution in [0.2, 0.25) is 0 Å². The third-order valence-electron chi connectivity index (χ3n) is 5.10. The molecule has 0 N–H and O–H groups in total. The minimum Gasteiger partial charge on any atom is -0.493 e. The van der Waals surface area contributed by atoms with Gasteiger partial charge in [-0.05, 0) is 63.5 Å². The van der Waals surface area contributed by atoms with Gasteiger partial charge in [-0.25, -0.2) is 4.98 Å². The van der Waals surface area contributed by atoms with Crippen LogP contribution in [0.1, 0.15) is 57.3 Å². The minimum atomic E-state index is 0.0841. The van der Waals surface area contributed by atoms with Crippen molar-refractivity contribution in [1.82, 2.24) is 4.98 Å². The number of carbonyl (C=O) groups is 1. The highest BCUT2D eigenvalue weighted by Crippen LogP contribution is 2.36. The summed E-state index contributed by atoms with van der Waals surface area (Å²) in [6, 6.07) is 5.91. The van der Waals surface area contributed by atoms with Gasteiger partial charge in [0.05, 0.1) is 12.7 Å². The van der Waals surface area contributed by atoms with Crippen molar-refractivity contribution in [3.05, 3.63) is 24.1 Å². The molecule has 2 aliphatic carbocycles. The van der Waals surface area contributed by atoms with E-state index in [9.17, 15) is 4.79 Å². The molecule has 0 spiro atoms. The Morgan fingerprint density at radius 2 is 2.00 bits per heavy atom. The first-order chi connectivity index (χ1) is 12.2. The van der Waals surface area contributed by atoms with Gasteiger partial charge >= 0.3 is 0 Å². The maximum Gasteiger partial charge on any atom is 0.198 e. The Morgan fingerprint density at radius 3 is 2.72 bits per heavy atom. The van der Waals surface area contributed by atoms with E-state index in [4.69, 9.17) is 13.9 Å². The van der Waals surface area contributed by atoms with Crippen molar-refractivity contribution in [3.8, 4) is 5.75 Å². The molecule has 0 aliphatic heterocycles. The fraction of sp³-hybridized carbons (Fsp3) is 0.600. The number of Topliss-reactive ketones (excluding diaryl/α,β-unsaturated/α-hetero) is 1. The Labute approximate surface area is 147 Å². The van der Waals surface area contributed by atoms with E-state index >= 15 is 0 Å². The van der Waals surface area contributed by atoms with Gasteiger partial charge in [0.1, 0.15) is 17.9 Å². The zero-order valence-corrected chi connectivity index (χ0v) is 14.7. The summed E-state index contributed by atoms with van der Waals surface area (Å²) in [4.78, 5) is 15.7. The van der Waals surface area contributed by atoms with E-state index in [1.54, 1.807) is 6.92 Å². The van der Waals surface area contributed by atoms with Crippen molar-refractivity contribution in [2.24, 2.45) is 5.92 Å². The summed E-state index contributed by atoms with van der Waals surface area (Å²) in [7, 11) is 0. The van der Waals surface area contributed by atoms with Gasteiger partial charge in [-0.15, -0.1) is 0 Å². The molecule has 0 amide bonds. The second kappa shape index (κ2) is 7.16. The van der Waals surface area contributed by atoms with Crippen molar-refractivity contribution >= 4 is 16.9 Å². The predicted octanol–water partition coefficient (Wildman–Crippen LogP) is 4.25. The number of benzene rings is 1. The maximum absolute atomic E-state index is 11.0. The van der Waals surface area contributed by atoms with E-state index < -0.39 is 0 Å². The number of carbonyl (C=O) groups excluding carboxylic acids is 1. The van der Waals surface area contributed by atoms with Crippen LogP contribution in [0.5, 0.6) is 5.75 Å². The van der Waals surface area contributed by atoms with Crippen LogP contribution in [0, 0.1) is 5.92 Å². The molecule has 2 aromatic rings. The smallest absolute Gasteiger partial charge is 0.198 e. The molecule has 0 unspecified atom stereocenters. The highest BCUT2D eigenvalue weighted by molar-refractivity contribution is 5.76. The van der Waals surface area contributed by atoms with Crippen LogP contribution in [0.4, 0.5) is 0 Å². The average molecular weight is 343 g/mol. The highest BCUT2D eigenvalue weighted by atomic mass is 16.5. The zero-order chi connectivity index (χ0) is 17.2. The van der Waals surface area contributed by atoms with Crippen LogP contribution < -0.4 is 4.74 Å². The number of rotatable bonds is 7. The second-order valence-electron chi connectivity index (χ2n) is 7.42. The number of ether oxygens (including phenoxy) is 2. The number of oxazole rings is 1. The van der Waals surface area contributed by atoms with Gasteiger partial charge in [0.2, 0.25) is 0 Å². The molecule has 134 valence electrons. The molecule has 2 saturated carbocycles. The van der Waals surface area contributed by atoms with Crippen LogP contribution in [-0.4, -0.2) is 30.1 Å². The number of nitrogens with zero attached hydrogens (tertiary/aromatic N) is 1. The van der Waals surface area contributed by atoms with Crippen LogP contribution in [0.25, 0.3) is 11.1 Å². The van der Waals surface area contributed by atoms with E-state index in [0.717, 1.165) is 60.9 Å². The molecular formula is C20H25NO4. The van der Waals surface area contributed by atoms with Gasteiger partial charge in [-0.1, -0.05) is 0 Å². The summed E-state index contributed by atoms with van der Waals surface area (Å²) >= 11 is 0. The molecule has 1 aromatic heterocycles. The lowest BCUT2D eigenvalue weighted by Gasteiger charge is -2.26. The maximum atomic E-state index is 11.0. The molecule has 5 nitrogen and oxygen atoms in total. The lowest BCUT2D eigenvalue weighted by Crippen LogP contribution is -2.23. The minimum absolute atomic E-state index is 0.0841. The number of hydrogen-bond acceptors (Lipinski definition) is 5. The SMILES string of the molecule is CC(=O)COC1CCC(c2nc3ccc(OCC4CC4)cc3o2)CC1. The molecule has 25 heavy (non-hydrogen) atoms. The molecule has 1 aromatic carbocycles. The van der Waals surface area contributed by atoms with E-state index in [1.807, 2.05) is 18.2 Å². The molecule has 0 atom stereocenters. The van der Waals surface area contributed by atoms with Gasteiger partial charge < -0.3 is 13.9 Å². The molecule has 5 heteroatoms. The fourth-order valence-corrected chi connectivity index (χ4v) is 3.40. The molecule has 4 rings (SSSR count). The molecule has 0 bridgehead atoms. The molecule has 1 heterocycles. The first kappa shape index (κ1) is 16.6. The Hall–Kier alpha value is -1.88. The van der Waals surface area contributed by atoms with E-state index in [-0.39, 0.29) is 18.5 Å². The first-order valence-corrected chi connectivity index (χ1v) is 9.31. The normalized spacial score (nSPS) is 23.7. The van der Waals surface area contributed by atoms with Gasteiger partial charge in [0.15, 0.2) is 17.3 Å². The summed E-state index contributed by atoms with van der Waals surface area (Å²) in [5.74, 6) is 2.84. The van der Waals surface area contributed by atoms with Gasteiger partial charge in [0, 0.05) is 12.0 Å². The van der Waals surface area contributed by atoms with Crippen molar-refractivity contribution < 1.29 is 18.7 Å². The largest absolute Gasteiger partial charge is 0.493 e. The number of aromatic nitrogens is 1. The summed E-state index contributed by atoms with van der Waals surface area (Å²) in [5.41, 5.74) is 1.70. The van der Waals surface area contributed by atoms with Gasteiger partial charge in [0.25, 0.3) is 0 Å². The Morgan fingerprint density at radius 1 is 1.20 bits per heavy atom. The Bertz CT molecular complexity index is 741. The Kier molecular flexibility index (Phi) is 4.75. The van der Waals surface area contributed by atoms with E-state index in [1.165, 1.54) is 12.8 Å². The monoisotopic (exact) mass is 343 g/mol. The standard InChI is InChI=1S/C20H25NO4/c1-13(22)11-23-16-6-4-15(5-7-16)20-21-18-9-8-17(10-19(18)25-20)24-12-14-2-3-14/h8-10,14-16H,2-7,11-12H2,1H3. The van der Waals surface area contributed by atoms with Crippen LogP contribution in [0.3, 0.4) is 0 Å². The topological polar surface area (TPSA) is 61.6 Å². The molecular weight excluding hydrogens is 318 g/mol. The summed E-state index contributed by atoms with van der Waals surface area (Å²) < 4.78 is 17.5. The Balaban J connectivity index is 1.37. The van der Waals surface area contributed by atoms with Crippen molar-refractivity contribution in [2.75, 3.05) is 13.2 Å². The molecule has 2 aliphatic rings. The number of hydrogen-bond donors (Lipinski definition) is 0. The summed E-state index contributed by atoms with van der Waals surface area (Å²) in [6.45, 7) is 2.59. The zero-order valence-electron chi connectivity index (χ0n) is 14.7. The van der Waals surface area contributed by atoms with Gasteiger partial charge in [-0.2, -0.15) is 0 Å². The first-order valence-electron chi connectivity index (χ1n) is 9.31. The fourth-order valence-electron chi connectivity index (χ4n) is 3.40. The number of fused-ring (bicyclic) bond motifs is 1. The third kappa shape index (κ3) is 4.21. The average Bonchev–Trinajstić information content (AvgIpc) is 3.35.